The lowest BCUT2D eigenvalue weighted by Crippen LogP contribution is -2.46. The highest BCUT2D eigenvalue weighted by Gasteiger charge is 2.25. The molecule has 8 heteroatoms. The highest BCUT2D eigenvalue weighted by molar-refractivity contribution is 6.30. The molecule has 2 aromatic rings. The highest BCUT2D eigenvalue weighted by Crippen LogP contribution is 2.31. The van der Waals surface area contributed by atoms with Gasteiger partial charge in [-0.15, -0.1) is 0 Å². The predicted octanol–water partition coefficient (Wildman–Crippen LogP) is 3.36. The zero-order valence-corrected chi connectivity index (χ0v) is 15.0. The molecule has 0 aromatic heterocycles. The minimum Gasteiger partial charge on any atom is -0.465 e. The summed E-state index contributed by atoms with van der Waals surface area (Å²) in [6.07, 6.45) is 0. The first kappa shape index (κ1) is 18.0. The van der Waals surface area contributed by atoms with Crippen LogP contribution in [0.25, 0.3) is 0 Å². The summed E-state index contributed by atoms with van der Waals surface area (Å²) in [4.78, 5) is 26.8. The third kappa shape index (κ3) is 3.72. The quantitative estimate of drug-likeness (QED) is 0.463. The van der Waals surface area contributed by atoms with E-state index in [1.165, 1.54) is 13.2 Å². The first-order chi connectivity index (χ1) is 12.5. The van der Waals surface area contributed by atoms with Crippen LogP contribution in [0.15, 0.2) is 42.5 Å². The van der Waals surface area contributed by atoms with E-state index in [4.69, 9.17) is 11.6 Å². The van der Waals surface area contributed by atoms with Crippen molar-refractivity contribution < 1.29 is 14.5 Å². The van der Waals surface area contributed by atoms with Gasteiger partial charge in [-0.2, -0.15) is 0 Å². The minimum atomic E-state index is -0.591. The van der Waals surface area contributed by atoms with Crippen molar-refractivity contribution >= 4 is 34.6 Å². The van der Waals surface area contributed by atoms with Crippen molar-refractivity contribution in [1.29, 1.82) is 0 Å². The van der Waals surface area contributed by atoms with Gasteiger partial charge >= 0.3 is 5.97 Å². The largest absolute Gasteiger partial charge is 0.465 e. The normalized spacial score (nSPS) is 14.2. The number of piperazine rings is 1. The van der Waals surface area contributed by atoms with E-state index in [2.05, 4.69) is 9.64 Å². The third-order valence-electron chi connectivity index (χ3n) is 4.41. The fraction of sp³-hybridized carbons (Fsp3) is 0.278. The van der Waals surface area contributed by atoms with Crippen molar-refractivity contribution in [2.45, 2.75) is 0 Å². The first-order valence-electron chi connectivity index (χ1n) is 8.12. The Hall–Kier alpha value is -2.80. The second-order valence-corrected chi connectivity index (χ2v) is 6.34. The van der Waals surface area contributed by atoms with Crippen LogP contribution in [0.2, 0.25) is 5.02 Å². The number of benzene rings is 2. The topological polar surface area (TPSA) is 75.9 Å². The Morgan fingerprint density at radius 1 is 1.08 bits per heavy atom. The zero-order chi connectivity index (χ0) is 18.7. The Kier molecular flexibility index (Phi) is 5.27. The highest BCUT2D eigenvalue weighted by atomic mass is 35.5. The molecule has 1 fully saturated rings. The Balaban J connectivity index is 1.77. The van der Waals surface area contributed by atoms with Crippen LogP contribution in [-0.2, 0) is 4.74 Å². The number of esters is 1. The molecule has 2 aromatic carbocycles. The number of halogens is 1. The SMILES string of the molecule is COC(=O)c1ccc(N2CCN(c3ccc(Cl)cc3)CC2)c([N+](=O)[O-])c1. The van der Waals surface area contributed by atoms with E-state index < -0.39 is 10.9 Å². The lowest BCUT2D eigenvalue weighted by atomic mass is 10.1. The molecule has 0 bridgehead atoms. The molecule has 0 spiro atoms. The smallest absolute Gasteiger partial charge is 0.338 e. The number of rotatable bonds is 4. The zero-order valence-electron chi connectivity index (χ0n) is 14.2. The Morgan fingerprint density at radius 2 is 1.69 bits per heavy atom. The van der Waals surface area contributed by atoms with E-state index in [1.807, 2.05) is 29.2 Å². The van der Waals surface area contributed by atoms with E-state index in [-0.39, 0.29) is 11.3 Å². The summed E-state index contributed by atoms with van der Waals surface area (Å²) in [6.45, 7) is 2.75. The van der Waals surface area contributed by atoms with Crippen LogP contribution in [0.3, 0.4) is 0 Å². The van der Waals surface area contributed by atoms with Crippen LogP contribution in [-0.4, -0.2) is 44.2 Å². The van der Waals surface area contributed by atoms with Crippen LogP contribution in [0.5, 0.6) is 0 Å². The summed E-state index contributed by atoms with van der Waals surface area (Å²) in [5.41, 5.74) is 1.67. The number of nitro groups is 1. The molecule has 1 saturated heterocycles. The fourth-order valence-electron chi connectivity index (χ4n) is 3.04. The van der Waals surface area contributed by atoms with Gasteiger partial charge in [0.05, 0.1) is 17.6 Å². The van der Waals surface area contributed by atoms with Crippen LogP contribution in [0, 0.1) is 10.1 Å². The van der Waals surface area contributed by atoms with Crippen LogP contribution < -0.4 is 9.80 Å². The molecule has 0 unspecified atom stereocenters. The molecular formula is C18H18ClN3O4. The molecule has 0 radical (unpaired) electrons. The molecule has 0 atom stereocenters. The van der Waals surface area contributed by atoms with E-state index in [9.17, 15) is 14.9 Å². The summed E-state index contributed by atoms with van der Waals surface area (Å²) in [5, 5.41) is 12.1. The number of methoxy groups -OCH3 is 1. The molecular weight excluding hydrogens is 358 g/mol. The maximum absolute atomic E-state index is 11.6. The lowest BCUT2D eigenvalue weighted by molar-refractivity contribution is -0.384. The van der Waals surface area contributed by atoms with E-state index in [0.717, 1.165) is 18.8 Å². The first-order valence-corrected chi connectivity index (χ1v) is 8.49. The maximum Gasteiger partial charge on any atom is 0.338 e. The third-order valence-corrected chi connectivity index (χ3v) is 4.66. The molecule has 26 heavy (non-hydrogen) atoms. The number of hydrogen-bond acceptors (Lipinski definition) is 6. The Bertz CT molecular complexity index is 818. The number of nitrogens with zero attached hydrogens (tertiary/aromatic N) is 3. The van der Waals surface area contributed by atoms with Gasteiger partial charge in [0.1, 0.15) is 5.69 Å². The number of anilines is 2. The van der Waals surface area contributed by atoms with Crippen LogP contribution >= 0.6 is 11.6 Å². The van der Waals surface area contributed by atoms with Gasteiger partial charge in [-0.05, 0) is 36.4 Å². The average Bonchev–Trinajstić information content (AvgIpc) is 2.67. The fourth-order valence-corrected chi connectivity index (χ4v) is 3.17. The number of ether oxygens (including phenoxy) is 1. The van der Waals surface area contributed by atoms with Gasteiger partial charge in [0.25, 0.3) is 5.69 Å². The van der Waals surface area contributed by atoms with E-state index in [1.54, 1.807) is 12.1 Å². The monoisotopic (exact) mass is 375 g/mol. The molecule has 0 amide bonds. The van der Waals surface area contributed by atoms with Crippen molar-refractivity contribution in [2.24, 2.45) is 0 Å². The molecule has 0 N–H and O–H groups in total. The van der Waals surface area contributed by atoms with Crippen molar-refractivity contribution in [3.63, 3.8) is 0 Å². The summed E-state index contributed by atoms with van der Waals surface area (Å²) in [6, 6.07) is 12.1. The van der Waals surface area contributed by atoms with Crippen molar-refractivity contribution in [2.75, 3.05) is 43.1 Å². The molecule has 0 aliphatic carbocycles. The summed E-state index contributed by atoms with van der Waals surface area (Å²) >= 11 is 5.92. The molecule has 136 valence electrons. The molecule has 7 nitrogen and oxygen atoms in total. The van der Waals surface area contributed by atoms with Crippen molar-refractivity contribution in [3.8, 4) is 0 Å². The lowest BCUT2D eigenvalue weighted by Gasteiger charge is -2.37. The standard InChI is InChI=1S/C18H18ClN3O4/c1-26-18(23)13-2-7-16(17(12-13)22(24)25)21-10-8-20(9-11-21)15-5-3-14(19)4-6-15/h2-7,12H,8-11H2,1H3. The second kappa shape index (κ2) is 7.61. The van der Waals surface area contributed by atoms with Gasteiger partial charge in [0, 0.05) is 43.0 Å². The van der Waals surface area contributed by atoms with Crippen molar-refractivity contribution in [1.82, 2.24) is 0 Å². The predicted molar refractivity (Wildman–Crippen MR) is 100 cm³/mol. The number of nitro benzene ring substituents is 1. The Morgan fingerprint density at radius 3 is 2.27 bits per heavy atom. The van der Waals surface area contributed by atoms with E-state index >= 15 is 0 Å². The van der Waals surface area contributed by atoms with Gasteiger partial charge in [0.2, 0.25) is 0 Å². The maximum atomic E-state index is 11.6. The number of carbonyl (C=O) groups excluding carboxylic acids is 1. The van der Waals surface area contributed by atoms with Gasteiger partial charge in [0.15, 0.2) is 0 Å². The summed E-state index contributed by atoms with van der Waals surface area (Å²) in [5.74, 6) is -0.591. The second-order valence-electron chi connectivity index (χ2n) is 5.90. The minimum absolute atomic E-state index is 0.0900. The molecule has 1 heterocycles. The number of carbonyl (C=O) groups is 1. The molecule has 1 aliphatic heterocycles. The summed E-state index contributed by atoms with van der Waals surface area (Å²) < 4.78 is 4.64. The number of hydrogen-bond donors (Lipinski definition) is 0. The molecule has 1 aliphatic rings. The van der Waals surface area contributed by atoms with Gasteiger partial charge in [-0.1, -0.05) is 11.6 Å². The van der Waals surface area contributed by atoms with Crippen molar-refractivity contribution in [3.05, 3.63) is 63.2 Å². The summed E-state index contributed by atoms with van der Waals surface area (Å²) in [7, 11) is 1.25. The Labute approximate surface area is 155 Å². The molecule has 0 saturated carbocycles. The average molecular weight is 376 g/mol. The van der Waals surface area contributed by atoms with Gasteiger partial charge in [-0.3, -0.25) is 10.1 Å². The molecule has 3 rings (SSSR count). The van der Waals surface area contributed by atoms with Crippen LogP contribution in [0.4, 0.5) is 17.1 Å². The van der Waals surface area contributed by atoms with Crippen LogP contribution in [0.1, 0.15) is 10.4 Å². The van der Waals surface area contributed by atoms with E-state index in [0.29, 0.717) is 23.8 Å². The van der Waals surface area contributed by atoms with Gasteiger partial charge in [-0.25, -0.2) is 4.79 Å². The van der Waals surface area contributed by atoms with Gasteiger partial charge < -0.3 is 14.5 Å².